The van der Waals surface area contributed by atoms with E-state index in [-0.39, 0.29) is 24.4 Å². The van der Waals surface area contributed by atoms with Crippen molar-refractivity contribution in [2.45, 2.75) is 38.0 Å². The summed E-state index contributed by atoms with van der Waals surface area (Å²) in [6.07, 6.45) is 7.04. The Bertz CT molecular complexity index is 294. The first kappa shape index (κ1) is 11.5. The highest BCUT2D eigenvalue weighted by atomic mass is 16.7. The molecule has 0 aromatic rings. The van der Waals surface area contributed by atoms with Gasteiger partial charge in [0.1, 0.15) is 13.2 Å². The first-order chi connectivity index (χ1) is 7.62. The van der Waals surface area contributed by atoms with Crippen molar-refractivity contribution in [3.05, 3.63) is 22.3 Å². The quantitative estimate of drug-likeness (QED) is 0.409. The number of ether oxygens (including phenoxy) is 2. The maximum Gasteiger partial charge on any atom is 0.265 e. The van der Waals surface area contributed by atoms with Crippen LogP contribution < -0.4 is 0 Å². The summed E-state index contributed by atoms with van der Waals surface area (Å²) in [5.74, 6) is 0.348. The molecule has 0 N–H and O–H groups in total. The number of nitrogens with zero attached hydrogens (tertiary/aromatic N) is 1. The first-order valence-corrected chi connectivity index (χ1v) is 5.64. The van der Waals surface area contributed by atoms with Gasteiger partial charge < -0.3 is 9.47 Å². The number of rotatable bonds is 2. The van der Waals surface area contributed by atoms with E-state index < -0.39 is 5.54 Å². The van der Waals surface area contributed by atoms with Crippen molar-refractivity contribution in [2.24, 2.45) is 5.92 Å². The van der Waals surface area contributed by atoms with Crippen LogP contribution in [-0.2, 0) is 9.47 Å². The van der Waals surface area contributed by atoms with Crippen LogP contribution in [0.2, 0.25) is 0 Å². The normalized spacial score (nSPS) is 39.6. The molecule has 0 radical (unpaired) electrons. The van der Waals surface area contributed by atoms with Crippen LogP contribution in [0.1, 0.15) is 26.2 Å². The standard InChI is InChI=1S/C11H17NO4/c1-11(12(13)14)7-15-10(16-8-11)9-5-3-2-4-6-9/h2-3,9-10H,4-8H2,1H3/t9-,10?,11?/m1/s1. The molecule has 0 aromatic carbocycles. The Balaban J connectivity index is 1.89. The van der Waals surface area contributed by atoms with E-state index >= 15 is 0 Å². The van der Waals surface area contributed by atoms with E-state index in [0.717, 1.165) is 19.3 Å². The molecule has 0 aromatic heterocycles. The summed E-state index contributed by atoms with van der Waals surface area (Å²) in [5.41, 5.74) is -1.08. The highest BCUT2D eigenvalue weighted by Crippen LogP contribution is 2.29. The van der Waals surface area contributed by atoms with Crippen LogP contribution in [0.3, 0.4) is 0 Å². The summed E-state index contributed by atoms with van der Waals surface area (Å²) in [7, 11) is 0. The average Bonchev–Trinajstić information content (AvgIpc) is 2.31. The Labute approximate surface area is 94.6 Å². The molecule has 1 aliphatic carbocycles. The molecule has 90 valence electrons. The molecule has 5 nitrogen and oxygen atoms in total. The number of allylic oxidation sites excluding steroid dienone is 2. The number of nitro groups is 1. The fourth-order valence-corrected chi connectivity index (χ4v) is 2.05. The Kier molecular flexibility index (Phi) is 3.25. The summed E-state index contributed by atoms with van der Waals surface area (Å²) in [5, 5.41) is 10.8. The zero-order valence-electron chi connectivity index (χ0n) is 9.43. The highest BCUT2D eigenvalue weighted by Gasteiger charge is 2.44. The lowest BCUT2D eigenvalue weighted by Gasteiger charge is -2.35. The highest BCUT2D eigenvalue weighted by molar-refractivity contribution is 4.92. The van der Waals surface area contributed by atoms with Gasteiger partial charge in [-0.2, -0.15) is 0 Å². The van der Waals surface area contributed by atoms with Gasteiger partial charge in [-0.05, 0) is 19.3 Å². The lowest BCUT2D eigenvalue weighted by molar-refractivity contribution is -0.587. The molecule has 0 unspecified atom stereocenters. The Morgan fingerprint density at radius 2 is 2.06 bits per heavy atom. The van der Waals surface area contributed by atoms with Crippen LogP contribution >= 0.6 is 0 Å². The van der Waals surface area contributed by atoms with Crippen molar-refractivity contribution >= 4 is 0 Å². The Hall–Kier alpha value is -0.940. The van der Waals surface area contributed by atoms with Gasteiger partial charge in [0.05, 0.1) is 0 Å². The average molecular weight is 227 g/mol. The molecular formula is C11H17NO4. The Morgan fingerprint density at radius 1 is 1.38 bits per heavy atom. The SMILES string of the molecule is CC1([N+](=O)[O-])COC([C@@H]2CC=CCC2)OC1. The van der Waals surface area contributed by atoms with Crippen LogP contribution in [0.15, 0.2) is 12.2 Å². The second kappa shape index (κ2) is 4.51. The van der Waals surface area contributed by atoms with Crippen LogP contribution in [0.25, 0.3) is 0 Å². The van der Waals surface area contributed by atoms with Gasteiger partial charge in [0.15, 0.2) is 6.29 Å². The van der Waals surface area contributed by atoms with Crippen molar-refractivity contribution in [2.75, 3.05) is 13.2 Å². The molecular weight excluding hydrogens is 210 g/mol. The van der Waals surface area contributed by atoms with Gasteiger partial charge in [0.2, 0.25) is 0 Å². The predicted octanol–water partition coefficient (Wildman–Crippen LogP) is 1.75. The fourth-order valence-electron chi connectivity index (χ4n) is 2.05. The minimum atomic E-state index is -1.08. The second-order valence-corrected chi connectivity index (χ2v) is 4.79. The van der Waals surface area contributed by atoms with Crippen molar-refractivity contribution in [3.8, 4) is 0 Å². The molecule has 2 rings (SSSR count). The lowest BCUT2D eigenvalue weighted by atomic mass is 9.93. The summed E-state index contributed by atoms with van der Waals surface area (Å²) in [6.45, 7) is 1.85. The van der Waals surface area contributed by atoms with E-state index in [2.05, 4.69) is 12.2 Å². The van der Waals surface area contributed by atoms with Crippen LogP contribution in [0, 0.1) is 16.0 Å². The molecule has 1 atom stereocenters. The van der Waals surface area contributed by atoms with Gasteiger partial charge in [-0.15, -0.1) is 0 Å². The molecule has 1 fully saturated rings. The summed E-state index contributed by atoms with van der Waals surface area (Å²) < 4.78 is 11.0. The van der Waals surface area contributed by atoms with E-state index in [1.54, 1.807) is 6.92 Å². The molecule has 1 aliphatic heterocycles. The predicted molar refractivity (Wildman–Crippen MR) is 57.6 cm³/mol. The van der Waals surface area contributed by atoms with E-state index in [4.69, 9.17) is 9.47 Å². The molecule has 0 bridgehead atoms. The van der Waals surface area contributed by atoms with Gasteiger partial charge in [-0.25, -0.2) is 0 Å². The third-order valence-corrected chi connectivity index (χ3v) is 3.25. The molecule has 1 saturated heterocycles. The number of hydrogen-bond acceptors (Lipinski definition) is 4. The monoisotopic (exact) mass is 227 g/mol. The molecule has 0 amide bonds. The molecule has 2 aliphatic rings. The fraction of sp³-hybridized carbons (Fsp3) is 0.818. The van der Waals surface area contributed by atoms with Gasteiger partial charge >= 0.3 is 0 Å². The van der Waals surface area contributed by atoms with Gasteiger partial charge in [-0.3, -0.25) is 10.1 Å². The van der Waals surface area contributed by atoms with Crippen LogP contribution in [0.5, 0.6) is 0 Å². The summed E-state index contributed by atoms with van der Waals surface area (Å²) in [4.78, 5) is 10.5. The lowest BCUT2D eigenvalue weighted by Crippen LogP contribution is -2.52. The first-order valence-electron chi connectivity index (χ1n) is 5.64. The van der Waals surface area contributed by atoms with Crippen LogP contribution in [-0.4, -0.2) is 30.0 Å². The second-order valence-electron chi connectivity index (χ2n) is 4.79. The minimum absolute atomic E-state index is 0.144. The summed E-state index contributed by atoms with van der Waals surface area (Å²) in [6, 6.07) is 0. The maximum atomic E-state index is 10.8. The zero-order chi connectivity index (χ0) is 11.6. The van der Waals surface area contributed by atoms with Crippen molar-refractivity contribution in [3.63, 3.8) is 0 Å². The van der Waals surface area contributed by atoms with E-state index in [1.165, 1.54) is 0 Å². The van der Waals surface area contributed by atoms with E-state index in [0.29, 0.717) is 5.92 Å². The third-order valence-electron chi connectivity index (χ3n) is 3.25. The topological polar surface area (TPSA) is 61.6 Å². The molecule has 5 heteroatoms. The minimum Gasteiger partial charge on any atom is -0.345 e. The number of hydrogen-bond donors (Lipinski definition) is 0. The molecule has 0 spiro atoms. The molecule has 1 heterocycles. The van der Waals surface area contributed by atoms with Crippen molar-refractivity contribution in [1.29, 1.82) is 0 Å². The van der Waals surface area contributed by atoms with Gasteiger partial charge in [0.25, 0.3) is 5.54 Å². The van der Waals surface area contributed by atoms with Gasteiger partial charge in [0, 0.05) is 17.8 Å². The third kappa shape index (κ3) is 2.25. The smallest absolute Gasteiger partial charge is 0.265 e. The Morgan fingerprint density at radius 3 is 2.56 bits per heavy atom. The summed E-state index contributed by atoms with van der Waals surface area (Å²) >= 11 is 0. The van der Waals surface area contributed by atoms with Gasteiger partial charge in [-0.1, -0.05) is 12.2 Å². The van der Waals surface area contributed by atoms with Crippen molar-refractivity contribution in [1.82, 2.24) is 0 Å². The maximum absolute atomic E-state index is 10.8. The molecule has 0 saturated carbocycles. The van der Waals surface area contributed by atoms with E-state index in [9.17, 15) is 10.1 Å². The van der Waals surface area contributed by atoms with Crippen LogP contribution in [0.4, 0.5) is 0 Å². The van der Waals surface area contributed by atoms with E-state index in [1.807, 2.05) is 0 Å². The van der Waals surface area contributed by atoms with Crippen molar-refractivity contribution < 1.29 is 14.4 Å². The zero-order valence-corrected chi connectivity index (χ0v) is 9.43. The molecule has 16 heavy (non-hydrogen) atoms. The largest absolute Gasteiger partial charge is 0.345 e.